The lowest BCUT2D eigenvalue weighted by Gasteiger charge is -2.45. The molecule has 7 heteroatoms. The number of halogens is 4. The van der Waals surface area contributed by atoms with Crippen molar-refractivity contribution in [2.24, 2.45) is 0 Å². The van der Waals surface area contributed by atoms with E-state index in [1.807, 2.05) is 29.2 Å². The summed E-state index contributed by atoms with van der Waals surface area (Å²) in [5.41, 5.74) is -0.124. The maximum atomic E-state index is 13.3. The monoisotopic (exact) mass is 437 g/mol. The lowest BCUT2D eigenvalue weighted by molar-refractivity contribution is -0.142. The smallest absolute Gasteiger partial charge is 0.416 e. The average Bonchev–Trinajstić information content (AvgIpc) is 2.69. The molecular weight excluding hydrogens is 415 g/mol. The number of likely N-dealkylation sites (tertiary alicyclic amines) is 1. The van der Waals surface area contributed by atoms with Crippen molar-refractivity contribution in [3.8, 4) is 5.75 Å². The van der Waals surface area contributed by atoms with E-state index < -0.39 is 17.2 Å². The fourth-order valence-electron chi connectivity index (χ4n) is 4.32. The SMILES string of the molecule is O=C(N1CCC(Oc2ccc(C(F)(F)F)cc2)CC1)C1(c2ccc(Cl)cc2)CCC1. The van der Waals surface area contributed by atoms with Crippen molar-refractivity contribution in [2.45, 2.75) is 49.8 Å². The first-order valence-corrected chi connectivity index (χ1v) is 10.6. The summed E-state index contributed by atoms with van der Waals surface area (Å²) in [5, 5.41) is 0.655. The number of rotatable bonds is 4. The average molecular weight is 438 g/mol. The third-order valence-corrected chi connectivity index (χ3v) is 6.48. The van der Waals surface area contributed by atoms with Gasteiger partial charge in [0, 0.05) is 31.0 Å². The predicted molar refractivity (Wildman–Crippen MR) is 109 cm³/mol. The highest BCUT2D eigenvalue weighted by molar-refractivity contribution is 6.30. The standard InChI is InChI=1S/C23H23ClF3NO2/c24-18-6-2-16(3-7-18)22(12-1-13-22)21(29)28-14-10-20(11-15-28)30-19-8-4-17(5-9-19)23(25,26)27/h2-9,20H,1,10-15H2. The van der Waals surface area contributed by atoms with Crippen LogP contribution in [-0.4, -0.2) is 30.0 Å². The predicted octanol–water partition coefficient (Wildman–Crippen LogP) is 5.85. The van der Waals surface area contributed by atoms with Gasteiger partial charge in [0.15, 0.2) is 0 Å². The molecule has 2 aromatic rings. The molecule has 30 heavy (non-hydrogen) atoms. The summed E-state index contributed by atoms with van der Waals surface area (Å²) in [6.07, 6.45) is -0.440. The molecule has 0 aromatic heterocycles. The van der Waals surface area contributed by atoms with Crippen LogP contribution in [0.15, 0.2) is 48.5 Å². The van der Waals surface area contributed by atoms with Crippen molar-refractivity contribution < 1.29 is 22.7 Å². The third-order valence-electron chi connectivity index (χ3n) is 6.23. The van der Waals surface area contributed by atoms with E-state index in [9.17, 15) is 18.0 Å². The zero-order valence-corrected chi connectivity index (χ0v) is 17.2. The molecule has 2 aliphatic rings. The first-order valence-electron chi connectivity index (χ1n) is 10.2. The van der Waals surface area contributed by atoms with Crippen LogP contribution in [0.25, 0.3) is 0 Å². The maximum absolute atomic E-state index is 13.3. The van der Waals surface area contributed by atoms with E-state index in [1.165, 1.54) is 12.1 Å². The van der Waals surface area contributed by atoms with E-state index in [1.54, 1.807) is 0 Å². The molecule has 0 spiro atoms. The van der Waals surface area contributed by atoms with Gasteiger partial charge >= 0.3 is 6.18 Å². The van der Waals surface area contributed by atoms with Gasteiger partial charge in [0.05, 0.1) is 11.0 Å². The van der Waals surface area contributed by atoms with Gasteiger partial charge < -0.3 is 9.64 Å². The fraction of sp³-hybridized carbons (Fsp3) is 0.435. The number of piperidine rings is 1. The van der Waals surface area contributed by atoms with Gasteiger partial charge in [-0.25, -0.2) is 0 Å². The van der Waals surface area contributed by atoms with Crippen molar-refractivity contribution in [1.82, 2.24) is 4.90 Å². The molecular formula is C23H23ClF3NO2. The van der Waals surface area contributed by atoms with Crippen molar-refractivity contribution in [3.63, 3.8) is 0 Å². The summed E-state index contributed by atoms with van der Waals surface area (Å²) in [7, 11) is 0. The second kappa shape index (κ2) is 8.14. The van der Waals surface area contributed by atoms with Gasteiger partial charge in [0.1, 0.15) is 11.9 Å². The van der Waals surface area contributed by atoms with E-state index in [0.717, 1.165) is 37.0 Å². The molecule has 0 N–H and O–H groups in total. The van der Waals surface area contributed by atoms with Crippen LogP contribution in [0, 0.1) is 0 Å². The highest BCUT2D eigenvalue weighted by Gasteiger charge is 2.48. The topological polar surface area (TPSA) is 29.5 Å². The first kappa shape index (κ1) is 21.0. The quantitative estimate of drug-likeness (QED) is 0.600. The van der Waals surface area contributed by atoms with Crippen LogP contribution in [0.4, 0.5) is 13.2 Å². The second-order valence-corrected chi connectivity index (χ2v) is 8.51. The Bertz CT molecular complexity index is 884. The van der Waals surface area contributed by atoms with Crippen LogP contribution in [0.3, 0.4) is 0 Å². The molecule has 4 rings (SSSR count). The molecule has 1 saturated heterocycles. The number of ether oxygens (including phenoxy) is 1. The Labute approximate surface area is 178 Å². The number of hydrogen-bond donors (Lipinski definition) is 0. The third kappa shape index (κ3) is 4.15. The van der Waals surface area contributed by atoms with Crippen LogP contribution in [0.5, 0.6) is 5.75 Å². The molecule has 1 heterocycles. The van der Waals surface area contributed by atoms with Gasteiger partial charge in [0.25, 0.3) is 0 Å². The molecule has 0 bridgehead atoms. The first-order chi connectivity index (χ1) is 14.3. The van der Waals surface area contributed by atoms with E-state index in [4.69, 9.17) is 16.3 Å². The molecule has 1 aliphatic heterocycles. The molecule has 3 nitrogen and oxygen atoms in total. The lowest BCUT2D eigenvalue weighted by atomic mass is 9.63. The van der Waals surface area contributed by atoms with Gasteiger partial charge in [0.2, 0.25) is 5.91 Å². The van der Waals surface area contributed by atoms with Gasteiger partial charge in [-0.15, -0.1) is 0 Å². The molecule has 0 atom stereocenters. The van der Waals surface area contributed by atoms with Crippen LogP contribution < -0.4 is 4.74 Å². The number of alkyl halides is 3. The van der Waals surface area contributed by atoms with Crippen molar-refractivity contribution in [2.75, 3.05) is 13.1 Å². The Morgan fingerprint density at radius 3 is 2.10 bits per heavy atom. The summed E-state index contributed by atoms with van der Waals surface area (Å²) in [6, 6.07) is 12.3. The largest absolute Gasteiger partial charge is 0.490 e. The molecule has 0 radical (unpaired) electrons. The summed E-state index contributed by atoms with van der Waals surface area (Å²) in [5.74, 6) is 0.577. The van der Waals surface area contributed by atoms with Gasteiger partial charge in [-0.1, -0.05) is 30.2 Å². The number of carbonyl (C=O) groups excluding carboxylic acids is 1. The van der Waals surface area contributed by atoms with E-state index in [2.05, 4.69) is 0 Å². The fourth-order valence-corrected chi connectivity index (χ4v) is 4.45. The minimum atomic E-state index is -4.36. The number of amides is 1. The number of hydrogen-bond acceptors (Lipinski definition) is 2. The van der Waals surface area contributed by atoms with Crippen molar-refractivity contribution in [3.05, 3.63) is 64.7 Å². The second-order valence-electron chi connectivity index (χ2n) is 8.07. The Balaban J connectivity index is 1.36. The van der Waals surface area contributed by atoms with Crippen LogP contribution in [0.1, 0.15) is 43.2 Å². The number of nitrogens with zero attached hydrogens (tertiary/aromatic N) is 1. The van der Waals surface area contributed by atoms with Crippen LogP contribution >= 0.6 is 11.6 Å². The summed E-state index contributed by atoms with van der Waals surface area (Å²) in [4.78, 5) is 15.2. The minimum Gasteiger partial charge on any atom is -0.490 e. The normalized spacial score (nSPS) is 19.3. The maximum Gasteiger partial charge on any atom is 0.416 e. The summed E-state index contributed by atoms with van der Waals surface area (Å²) >= 11 is 6.00. The Kier molecular flexibility index (Phi) is 5.71. The van der Waals surface area contributed by atoms with Gasteiger partial charge in [-0.2, -0.15) is 13.2 Å². The van der Waals surface area contributed by atoms with Crippen LogP contribution in [-0.2, 0) is 16.4 Å². The zero-order valence-electron chi connectivity index (χ0n) is 16.4. The zero-order chi connectivity index (χ0) is 21.4. The van der Waals surface area contributed by atoms with E-state index in [0.29, 0.717) is 36.7 Å². The molecule has 1 aliphatic carbocycles. The molecule has 2 fully saturated rings. The highest BCUT2D eigenvalue weighted by atomic mass is 35.5. The van der Waals surface area contributed by atoms with Crippen LogP contribution in [0.2, 0.25) is 5.02 Å². The Morgan fingerprint density at radius 2 is 1.60 bits per heavy atom. The van der Waals surface area contributed by atoms with E-state index in [-0.39, 0.29) is 12.0 Å². The molecule has 1 amide bonds. The Morgan fingerprint density at radius 1 is 1.00 bits per heavy atom. The van der Waals surface area contributed by atoms with Crippen molar-refractivity contribution >= 4 is 17.5 Å². The molecule has 0 unspecified atom stereocenters. The highest BCUT2D eigenvalue weighted by Crippen LogP contribution is 2.46. The number of benzene rings is 2. The molecule has 1 saturated carbocycles. The summed E-state index contributed by atoms with van der Waals surface area (Å²) < 4.78 is 43.9. The van der Waals surface area contributed by atoms with Gasteiger partial charge in [-0.05, 0) is 54.8 Å². The van der Waals surface area contributed by atoms with Gasteiger partial charge in [-0.3, -0.25) is 4.79 Å². The molecule has 160 valence electrons. The van der Waals surface area contributed by atoms with E-state index >= 15 is 0 Å². The lowest BCUT2D eigenvalue weighted by Crippen LogP contribution is -2.53. The summed E-state index contributed by atoms with van der Waals surface area (Å²) in [6.45, 7) is 1.17. The molecule has 2 aromatic carbocycles. The van der Waals surface area contributed by atoms with Crippen molar-refractivity contribution in [1.29, 1.82) is 0 Å². The Hall–Kier alpha value is -2.21. The number of carbonyl (C=O) groups is 1. The minimum absolute atomic E-state index is 0.112.